The Balaban J connectivity index is 1.44. The lowest BCUT2D eigenvalue weighted by Gasteiger charge is -2.35. The number of benzene rings is 1. The van der Waals surface area contributed by atoms with E-state index in [9.17, 15) is 13.2 Å². The third-order valence-electron chi connectivity index (χ3n) is 5.67. The molecule has 1 aromatic rings. The summed E-state index contributed by atoms with van der Waals surface area (Å²) in [6.07, 6.45) is 6.17. The molecule has 0 spiro atoms. The van der Waals surface area contributed by atoms with E-state index in [0.717, 1.165) is 38.8 Å². The van der Waals surface area contributed by atoms with Crippen LogP contribution in [0.25, 0.3) is 0 Å². The molecule has 0 atom stereocenters. The van der Waals surface area contributed by atoms with E-state index >= 15 is 0 Å². The van der Waals surface area contributed by atoms with Crippen LogP contribution in [-0.4, -0.2) is 56.1 Å². The molecule has 0 bridgehead atoms. The van der Waals surface area contributed by atoms with E-state index in [1.807, 2.05) is 21.9 Å². The Bertz CT molecular complexity index is 818. The summed E-state index contributed by atoms with van der Waals surface area (Å²) < 4.78 is 28.5. The average Bonchev–Trinajstić information content (AvgIpc) is 2.84. The molecule has 26 heavy (non-hydrogen) atoms. The molecule has 1 amide bonds. The Kier molecular flexibility index (Phi) is 4.73. The molecule has 1 aromatic carbocycles. The molecule has 0 aromatic heterocycles. The fraction of sp³-hybridized carbons (Fsp3) is 0.579. The molecular weight excluding hydrogens is 350 g/mol. The lowest BCUT2D eigenvalue weighted by atomic mass is 9.94. The number of likely N-dealkylation sites (tertiary alicyclic amines) is 2. The van der Waals surface area contributed by atoms with Crippen molar-refractivity contribution in [2.45, 2.75) is 43.4 Å². The third-order valence-corrected chi connectivity index (χ3v) is 7.00. The molecule has 2 fully saturated rings. The number of hydrogen-bond donors (Lipinski definition) is 0. The maximum atomic E-state index is 12.8. The molecule has 0 radical (unpaired) electrons. The van der Waals surface area contributed by atoms with E-state index < -0.39 is 10.0 Å². The zero-order valence-electron chi connectivity index (χ0n) is 14.9. The number of hydrogen-bond acceptors (Lipinski definition) is 4. The Morgan fingerprint density at radius 1 is 0.962 bits per heavy atom. The minimum absolute atomic E-state index is 0.0539. The van der Waals surface area contributed by atoms with E-state index in [0.29, 0.717) is 24.5 Å². The molecule has 0 unspecified atom stereocenters. The average molecular weight is 375 g/mol. The summed E-state index contributed by atoms with van der Waals surface area (Å²) in [4.78, 5) is 17.2. The van der Waals surface area contributed by atoms with Crippen LogP contribution in [0.15, 0.2) is 33.6 Å². The quantitative estimate of drug-likeness (QED) is 0.755. The van der Waals surface area contributed by atoms with Crippen molar-refractivity contribution in [1.82, 2.24) is 9.80 Å². The van der Waals surface area contributed by atoms with Crippen LogP contribution in [0.2, 0.25) is 0 Å². The number of rotatable bonds is 1. The van der Waals surface area contributed by atoms with Gasteiger partial charge in [-0.05, 0) is 37.8 Å². The largest absolute Gasteiger partial charge is 0.355 e. The van der Waals surface area contributed by atoms with Crippen molar-refractivity contribution in [2.24, 2.45) is 10.3 Å². The van der Waals surface area contributed by atoms with Crippen molar-refractivity contribution < 1.29 is 13.2 Å². The molecule has 140 valence electrons. The Labute approximate surface area is 154 Å². The first-order valence-corrected chi connectivity index (χ1v) is 11.0. The number of nitrogens with zero attached hydrogens (tertiary/aromatic N) is 3. The van der Waals surface area contributed by atoms with Crippen molar-refractivity contribution in [2.75, 3.05) is 26.2 Å². The van der Waals surface area contributed by atoms with Crippen molar-refractivity contribution >= 4 is 21.8 Å². The number of sulfonamides is 1. The first kappa shape index (κ1) is 17.5. The topological polar surface area (TPSA) is 70.0 Å². The molecule has 3 aliphatic heterocycles. The molecule has 6 nitrogen and oxygen atoms in total. The second kappa shape index (κ2) is 7.02. The lowest BCUT2D eigenvalue weighted by molar-refractivity contribution is -0.136. The van der Waals surface area contributed by atoms with E-state index in [-0.39, 0.29) is 16.7 Å². The molecule has 0 N–H and O–H groups in total. The number of carbonyl (C=O) groups excluding carboxylic acids is 1. The molecule has 0 saturated carbocycles. The molecular formula is C19H25N3O3S. The standard InChI is InChI=1S/C19H25N3O3S/c23-19(22-11-5-1-2-6-12-22)15-9-13-21(14-10-15)18-16-7-3-4-8-17(16)26(24,25)20-18/h3-4,7-8,15H,1-2,5-6,9-14H2. The summed E-state index contributed by atoms with van der Waals surface area (Å²) in [6, 6.07) is 6.98. The number of amides is 1. The Hall–Kier alpha value is -1.89. The Morgan fingerprint density at radius 3 is 2.31 bits per heavy atom. The highest BCUT2D eigenvalue weighted by molar-refractivity contribution is 7.90. The third kappa shape index (κ3) is 3.24. The van der Waals surface area contributed by atoms with Crippen molar-refractivity contribution in [3.8, 4) is 0 Å². The second-order valence-electron chi connectivity index (χ2n) is 7.39. The fourth-order valence-corrected chi connectivity index (χ4v) is 5.43. The summed E-state index contributed by atoms with van der Waals surface area (Å²) in [5.74, 6) is 0.882. The van der Waals surface area contributed by atoms with Gasteiger partial charge in [0.2, 0.25) is 5.91 Å². The molecule has 3 aliphatic rings. The molecule has 0 aliphatic carbocycles. The zero-order chi connectivity index (χ0) is 18.1. The summed E-state index contributed by atoms with van der Waals surface area (Å²) in [7, 11) is -3.58. The van der Waals surface area contributed by atoms with Crippen LogP contribution in [0.4, 0.5) is 0 Å². The van der Waals surface area contributed by atoms with E-state index in [4.69, 9.17) is 0 Å². The van der Waals surface area contributed by atoms with Crippen LogP contribution < -0.4 is 0 Å². The Morgan fingerprint density at radius 2 is 1.62 bits per heavy atom. The van der Waals surface area contributed by atoms with Gasteiger partial charge < -0.3 is 9.80 Å². The lowest BCUT2D eigenvalue weighted by Crippen LogP contribution is -2.44. The zero-order valence-corrected chi connectivity index (χ0v) is 15.7. The number of fused-ring (bicyclic) bond motifs is 1. The number of piperidine rings is 1. The van der Waals surface area contributed by atoms with Gasteiger partial charge in [-0.3, -0.25) is 4.79 Å². The van der Waals surface area contributed by atoms with Gasteiger partial charge in [-0.15, -0.1) is 4.40 Å². The van der Waals surface area contributed by atoms with Gasteiger partial charge in [0.05, 0.1) is 0 Å². The van der Waals surface area contributed by atoms with Gasteiger partial charge in [-0.1, -0.05) is 25.0 Å². The van der Waals surface area contributed by atoms with Crippen molar-refractivity contribution in [3.05, 3.63) is 29.8 Å². The summed E-state index contributed by atoms with van der Waals surface area (Å²) in [5, 5.41) is 0. The van der Waals surface area contributed by atoms with Gasteiger partial charge in [0, 0.05) is 37.7 Å². The monoisotopic (exact) mass is 375 g/mol. The maximum absolute atomic E-state index is 12.8. The molecule has 4 rings (SSSR count). The predicted molar refractivity (Wildman–Crippen MR) is 99.5 cm³/mol. The van der Waals surface area contributed by atoms with E-state index in [1.54, 1.807) is 12.1 Å². The molecule has 3 heterocycles. The minimum Gasteiger partial charge on any atom is -0.355 e. The first-order chi connectivity index (χ1) is 12.6. The van der Waals surface area contributed by atoms with Crippen LogP contribution in [0.3, 0.4) is 0 Å². The highest BCUT2D eigenvalue weighted by Crippen LogP contribution is 2.30. The highest BCUT2D eigenvalue weighted by atomic mass is 32.2. The molecule has 7 heteroatoms. The minimum atomic E-state index is -3.58. The summed E-state index contributed by atoms with van der Waals surface area (Å²) in [6.45, 7) is 3.12. The van der Waals surface area contributed by atoms with Crippen LogP contribution in [-0.2, 0) is 14.8 Å². The smallest absolute Gasteiger partial charge is 0.285 e. The van der Waals surface area contributed by atoms with E-state index in [2.05, 4.69) is 4.40 Å². The highest BCUT2D eigenvalue weighted by Gasteiger charge is 2.35. The normalized spacial score (nSPS) is 23.3. The SMILES string of the molecule is O=C(C1CCN(C2=NS(=O)(=O)c3ccccc32)CC1)N1CCCCCC1. The van der Waals surface area contributed by atoms with Crippen LogP contribution in [0, 0.1) is 5.92 Å². The predicted octanol–water partition coefficient (Wildman–Crippen LogP) is 2.25. The fourth-order valence-electron chi connectivity index (χ4n) is 4.20. The summed E-state index contributed by atoms with van der Waals surface area (Å²) in [5.41, 5.74) is 0.685. The van der Waals surface area contributed by atoms with Crippen LogP contribution >= 0.6 is 0 Å². The van der Waals surface area contributed by atoms with Crippen LogP contribution in [0.5, 0.6) is 0 Å². The van der Waals surface area contributed by atoms with Gasteiger partial charge in [-0.25, -0.2) is 0 Å². The summed E-state index contributed by atoms with van der Waals surface area (Å²) >= 11 is 0. The van der Waals surface area contributed by atoms with Gasteiger partial charge >= 0.3 is 0 Å². The second-order valence-corrected chi connectivity index (χ2v) is 8.96. The van der Waals surface area contributed by atoms with Gasteiger partial charge in [-0.2, -0.15) is 8.42 Å². The van der Waals surface area contributed by atoms with Crippen molar-refractivity contribution in [1.29, 1.82) is 0 Å². The van der Waals surface area contributed by atoms with Crippen LogP contribution in [0.1, 0.15) is 44.1 Å². The molecule has 2 saturated heterocycles. The van der Waals surface area contributed by atoms with Gasteiger partial charge in [0.15, 0.2) is 5.84 Å². The van der Waals surface area contributed by atoms with E-state index in [1.165, 1.54) is 12.8 Å². The first-order valence-electron chi connectivity index (χ1n) is 9.54. The maximum Gasteiger partial charge on any atom is 0.285 e. The number of carbonyl (C=O) groups is 1. The number of amidine groups is 1. The van der Waals surface area contributed by atoms with Gasteiger partial charge in [0.1, 0.15) is 4.90 Å². The van der Waals surface area contributed by atoms with Gasteiger partial charge in [0.25, 0.3) is 10.0 Å². The van der Waals surface area contributed by atoms with Crippen molar-refractivity contribution in [3.63, 3.8) is 0 Å².